The molecule has 1 unspecified atom stereocenters. The number of nitrogens with one attached hydrogen (secondary N) is 2. The number of methoxy groups -OCH3 is 1. The Morgan fingerprint density at radius 3 is 2.73 bits per heavy atom. The van der Waals surface area contributed by atoms with Crippen LogP contribution in [0.5, 0.6) is 0 Å². The molecular weight excluding hydrogens is 350 g/mol. The molecule has 0 aliphatic carbocycles. The maximum absolute atomic E-state index is 9.47. The summed E-state index contributed by atoms with van der Waals surface area (Å²) in [7, 11) is 1.41. The highest BCUT2D eigenvalue weighted by molar-refractivity contribution is 7.99. The lowest BCUT2D eigenvalue weighted by Gasteiger charge is -2.07. The summed E-state index contributed by atoms with van der Waals surface area (Å²) in [5.41, 5.74) is 2.77. The Bertz CT molecular complexity index is 998. The van der Waals surface area contributed by atoms with E-state index in [-0.39, 0.29) is 0 Å². The predicted molar refractivity (Wildman–Crippen MR) is 100 cm³/mol. The lowest BCUT2D eigenvalue weighted by Crippen LogP contribution is -2.20. The highest BCUT2D eigenvalue weighted by Crippen LogP contribution is 2.30. The van der Waals surface area contributed by atoms with Gasteiger partial charge < -0.3 is 24.7 Å². The fourth-order valence-corrected chi connectivity index (χ4v) is 3.38. The second kappa shape index (κ2) is 7.20. The third kappa shape index (κ3) is 3.57. The van der Waals surface area contributed by atoms with E-state index in [2.05, 4.69) is 44.5 Å². The van der Waals surface area contributed by atoms with Gasteiger partial charge in [0.15, 0.2) is 0 Å². The first kappa shape index (κ1) is 16.6. The SMILES string of the molecule is COC(O)Nc1nc2cc(Sc3ccc(-n4ccnc4)cc3)ccc2[nH]1. The second-order valence-electron chi connectivity index (χ2n) is 5.56. The molecule has 2 aromatic heterocycles. The first-order valence-electron chi connectivity index (χ1n) is 7.95. The minimum atomic E-state index is -1.10. The van der Waals surface area contributed by atoms with Crippen LogP contribution >= 0.6 is 11.8 Å². The maximum Gasteiger partial charge on any atom is 0.237 e. The van der Waals surface area contributed by atoms with Crippen LogP contribution in [0.1, 0.15) is 0 Å². The zero-order valence-corrected chi connectivity index (χ0v) is 14.8. The van der Waals surface area contributed by atoms with Gasteiger partial charge in [0.05, 0.1) is 17.4 Å². The number of aliphatic hydroxyl groups is 1. The van der Waals surface area contributed by atoms with Gasteiger partial charge in [0.2, 0.25) is 12.4 Å². The summed E-state index contributed by atoms with van der Waals surface area (Å²) in [6.07, 6.45) is 4.36. The van der Waals surface area contributed by atoms with Crippen molar-refractivity contribution in [2.24, 2.45) is 0 Å². The number of aliphatic hydroxyl groups excluding tert-OH is 1. The number of anilines is 1. The molecule has 1 atom stereocenters. The van der Waals surface area contributed by atoms with Gasteiger partial charge in [0.1, 0.15) is 0 Å². The van der Waals surface area contributed by atoms with Crippen molar-refractivity contribution >= 4 is 28.7 Å². The number of imidazole rings is 2. The van der Waals surface area contributed by atoms with Gasteiger partial charge in [0, 0.05) is 35.0 Å². The molecule has 2 heterocycles. The van der Waals surface area contributed by atoms with Crippen molar-refractivity contribution in [3.63, 3.8) is 0 Å². The van der Waals surface area contributed by atoms with Crippen LogP contribution in [-0.4, -0.2) is 38.1 Å². The van der Waals surface area contributed by atoms with Gasteiger partial charge in [-0.05, 0) is 42.5 Å². The van der Waals surface area contributed by atoms with Gasteiger partial charge in [-0.3, -0.25) is 0 Å². The van der Waals surface area contributed by atoms with Gasteiger partial charge in [-0.25, -0.2) is 9.97 Å². The smallest absolute Gasteiger partial charge is 0.237 e. The minimum absolute atomic E-state index is 0.459. The molecule has 0 fully saturated rings. The van der Waals surface area contributed by atoms with Crippen LogP contribution in [0, 0.1) is 0 Å². The molecule has 0 saturated heterocycles. The Labute approximate surface area is 154 Å². The normalized spacial score (nSPS) is 12.4. The molecule has 0 saturated carbocycles. The fourth-order valence-electron chi connectivity index (χ4n) is 2.53. The molecule has 8 heteroatoms. The van der Waals surface area contributed by atoms with Gasteiger partial charge in [0.25, 0.3) is 0 Å². The molecule has 4 rings (SSSR count). The van der Waals surface area contributed by atoms with E-state index >= 15 is 0 Å². The number of H-pyrrole nitrogens is 1. The molecule has 0 radical (unpaired) electrons. The average molecular weight is 367 g/mol. The standard InChI is InChI=1S/C18H17N5O2S/c1-25-18(24)22-17-20-15-7-6-14(10-16(15)21-17)26-13-4-2-12(3-5-13)23-9-8-19-11-23/h2-11,18,24H,1H3,(H2,20,21,22). The number of nitrogens with zero attached hydrogens (tertiary/aromatic N) is 3. The van der Waals surface area contributed by atoms with Crippen LogP contribution in [0.25, 0.3) is 16.7 Å². The number of aromatic nitrogens is 4. The third-order valence-corrected chi connectivity index (χ3v) is 4.81. The molecule has 0 spiro atoms. The van der Waals surface area contributed by atoms with Crippen LogP contribution in [0.2, 0.25) is 0 Å². The molecular formula is C18H17N5O2S. The Morgan fingerprint density at radius 1 is 1.19 bits per heavy atom. The van der Waals surface area contributed by atoms with E-state index in [1.165, 1.54) is 7.11 Å². The van der Waals surface area contributed by atoms with Crippen molar-refractivity contribution in [3.8, 4) is 5.69 Å². The number of benzene rings is 2. The average Bonchev–Trinajstić information content (AvgIpc) is 3.31. The lowest BCUT2D eigenvalue weighted by molar-refractivity contribution is -0.0514. The summed E-state index contributed by atoms with van der Waals surface area (Å²) in [6.45, 7) is 0. The second-order valence-corrected chi connectivity index (χ2v) is 6.71. The fraction of sp³-hybridized carbons (Fsp3) is 0.111. The quantitative estimate of drug-likeness (QED) is 0.454. The number of hydrogen-bond acceptors (Lipinski definition) is 6. The van der Waals surface area contributed by atoms with Crippen molar-refractivity contribution in [1.29, 1.82) is 0 Å². The number of hydrogen-bond donors (Lipinski definition) is 3. The maximum atomic E-state index is 9.47. The van der Waals surface area contributed by atoms with Crippen LogP contribution in [-0.2, 0) is 4.74 Å². The number of rotatable bonds is 6. The molecule has 0 amide bonds. The Kier molecular flexibility index (Phi) is 4.61. The molecule has 0 bridgehead atoms. The van der Waals surface area contributed by atoms with Gasteiger partial charge in [-0.1, -0.05) is 11.8 Å². The number of aromatic amines is 1. The Hall–Kier alpha value is -2.81. The van der Waals surface area contributed by atoms with Crippen molar-refractivity contribution < 1.29 is 9.84 Å². The lowest BCUT2D eigenvalue weighted by atomic mass is 10.3. The molecule has 3 N–H and O–H groups in total. The zero-order chi connectivity index (χ0) is 17.9. The first-order valence-corrected chi connectivity index (χ1v) is 8.76. The Balaban J connectivity index is 1.51. The van der Waals surface area contributed by atoms with Crippen LogP contribution in [0.3, 0.4) is 0 Å². The van der Waals surface area contributed by atoms with Gasteiger partial charge >= 0.3 is 0 Å². The minimum Gasteiger partial charge on any atom is -0.351 e. The number of ether oxygens (including phenoxy) is 1. The first-order chi connectivity index (χ1) is 12.7. The van der Waals surface area contributed by atoms with Gasteiger partial charge in [-0.2, -0.15) is 0 Å². The van der Waals surface area contributed by atoms with Crippen molar-refractivity contribution in [2.45, 2.75) is 16.2 Å². The van der Waals surface area contributed by atoms with E-state index < -0.39 is 6.41 Å². The van der Waals surface area contributed by atoms with E-state index in [1.807, 2.05) is 29.0 Å². The van der Waals surface area contributed by atoms with E-state index in [1.54, 1.807) is 24.3 Å². The van der Waals surface area contributed by atoms with Gasteiger partial charge in [-0.15, -0.1) is 0 Å². The van der Waals surface area contributed by atoms with E-state index in [4.69, 9.17) is 4.74 Å². The Morgan fingerprint density at radius 2 is 2.00 bits per heavy atom. The van der Waals surface area contributed by atoms with Crippen LogP contribution in [0.4, 0.5) is 5.95 Å². The molecule has 2 aromatic carbocycles. The molecule has 132 valence electrons. The molecule has 26 heavy (non-hydrogen) atoms. The predicted octanol–water partition coefficient (Wildman–Crippen LogP) is 3.23. The molecule has 0 aliphatic heterocycles. The summed E-state index contributed by atoms with van der Waals surface area (Å²) >= 11 is 1.66. The topological polar surface area (TPSA) is 88.0 Å². The summed E-state index contributed by atoms with van der Waals surface area (Å²) in [4.78, 5) is 13.8. The summed E-state index contributed by atoms with van der Waals surface area (Å²) in [6, 6.07) is 14.3. The largest absolute Gasteiger partial charge is 0.351 e. The number of fused-ring (bicyclic) bond motifs is 1. The molecule has 0 aliphatic rings. The van der Waals surface area contributed by atoms with Crippen LogP contribution in [0.15, 0.2) is 71.0 Å². The van der Waals surface area contributed by atoms with E-state index in [0.29, 0.717) is 5.95 Å². The van der Waals surface area contributed by atoms with Crippen LogP contribution < -0.4 is 5.32 Å². The summed E-state index contributed by atoms with van der Waals surface area (Å²) in [5, 5.41) is 12.2. The van der Waals surface area contributed by atoms with E-state index in [9.17, 15) is 5.11 Å². The highest BCUT2D eigenvalue weighted by atomic mass is 32.2. The van der Waals surface area contributed by atoms with Crippen molar-refractivity contribution in [2.75, 3.05) is 12.4 Å². The van der Waals surface area contributed by atoms with E-state index in [0.717, 1.165) is 26.5 Å². The highest BCUT2D eigenvalue weighted by Gasteiger charge is 2.08. The molecule has 7 nitrogen and oxygen atoms in total. The van der Waals surface area contributed by atoms with Crippen molar-refractivity contribution in [1.82, 2.24) is 19.5 Å². The van der Waals surface area contributed by atoms with Crippen molar-refractivity contribution in [3.05, 3.63) is 61.2 Å². The summed E-state index contributed by atoms with van der Waals surface area (Å²) in [5.74, 6) is 0.459. The zero-order valence-electron chi connectivity index (χ0n) is 14.0. The third-order valence-electron chi connectivity index (χ3n) is 3.81. The monoisotopic (exact) mass is 367 g/mol. The summed E-state index contributed by atoms with van der Waals surface area (Å²) < 4.78 is 6.73. The molecule has 4 aromatic rings.